The van der Waals surface area contributed by atoms with Gasteiger partial charge in [0, 0.05) is 6.54 Å². The van der Waals surface area contributed by atoms with Crippen molar-refractivity contribution in [3.63, 3.8) is 0 Å². The Morgan fingerprint density at radius 3 is 2.28 bits per heavy atom. The minimum atomic E-state index is 0.267. The third-order valence-electron chi connectivity index (χ3n) is 2.85. The molecule has 0 amide bonds. The molecular formula is C11H18N4O2S. The summed E-state index contributed by atoms with van der Waals surface area (Å²) in [5.74, 6) is 3.70. The summed E-state index contributed by atoms with van der Waals surface area (Å²) in [6.45, 7) is 0.886. The van der Waals surface area contributed by atoms with Crippen LogP contribution in [-0.2, 0) is 0 Å². The number of nitrogens with one attached hydrogen (secondary N) is 1. The van der Waals surface area contributed by atoms with Gasteiger partial charge in [-0.15, -0.1) is 4.98 Å². The predicted octanol–water partition coefficient (Wildman–Crippen LogP) is 1.44. The number of ether oxygens (including phenoxy) is 2. The number of thioether (sulfide) groups is 1. The number of aromatic nitrogens is 3. The summed E-state index contributed by atoms with van der Waals surface area (Å²) in [5, 5.41) is 3.23. The fourth-order valence-corrected chi connectivity index (χ4v) is 2.99. The molecule has 0 radical (unpaired) electrons. The van der Waals surface area contributed by atoms with E-state index < -0.39 is 0 Å². The molecule has 0 unspecified atom stereocenters. The van der Waals surface area contributed by atoms with Crippen molar-refractivity contribution in [1.82, 2.24) is 15.0 Å². The van der Waals surface area contributed by atoms with E-state index in [1.807, 2.05) is 11.8 Å². The van der Waals surface area contributed by atoms with Crippen LogP contribution in [0.15, 0.2) is 0 Å². The van der Waals surface area contributed by atoms with Gasteiger partial charge in [-0.1, -0.05) is 0 Å². The first kappa shape index (κ1) is 13.2. The zero-order valence-corrected chi connectivity index (χ0v) is 11.5. The Kier molecular flexibility index (Phi) is 4.86. The van der Waals surface area contributed by atoms with Crippen LogP contribution in [0.1, 0.15) is 12.8 Å². The van der Waals surface area contributed by atoms with Gasteiger partial charge in [-0.05, 0) is 30.3 Å². The molecule has 0 bridgehead atoms. The van der Waals surface area contributed by atoms with Crippen molar-refractivity contribution in [2.24, 2.45) is 5.92 Å². The van der Waals surface area contributed by atoms with Gasteiger partial charge in [0.15, 0.2) is 0 Å². The molecule has 1 N–H and O–H groups in total. The summed E-state index contributed by atoms with van der Waals surface area (Å²) in [4.78, 5) is 12.2. The summed E-state index contributed by atoms with van der Waals surface area (Å²) in [5.41, 5.74) is 0. The normalized spacial score (nSPS) is 16.3. The molecule has 1 aromatic rings. The van der Waals surface area contributed by atoms with E-state index in [1.165, 1.54) is 38.6 Å². The van der Waals surface area contributed by atoms with Gasteiger partial charge in [0.1, 0.15) is 0 Å². The third kappa shape index (κ3) is 3.63. The number of hydrogen-bond acceptors (Lipinski definition) is 7. The molecule has 0 aliphatic carbocycles. The minimum absolute atomic E-state index is 0.267. The molecule has 2 heterocycles. The van der Waals surface area contributed by atoms with Gasteiger partial charge in [-0.3, -0.25) is 0 Å². The smallest absolute Gasteiger partial charge is 0.324 e. The van der Waals surface area contributed by atoms with Gasteiger partial charge in [-0.2, -0.15) is 21.7 Å². The Hall–Kier alpha value is -1.24. The Bertz CT molecular complexity index is 363. The SMILES string of the molecule is COc1nc(NCC2CCSCC2)nc(OC)n1. The molecule has 0 atom stereocenters. The first-order valence-electron chi connectivity index (χ1n) is 5.97. The second kappa shape index (κ2) is 6.63. The van der Waals surface area contributed by atoms with Crippen molar-refractivity contribution < 1.29 is 9.47 Å². The average molecular weight is 270 g/mol. The van der Waals surface area contributed by atoms with Gasteiger partial charge in [0.2, 0.25) is 5.95 Å². The standard InChI is InChI=1S/C11H18N4O2S/c1-16-10-13-9(14-11(15-10)17-2)12-7-8-3-5-18-6-4-8/h8H,3-7H2,1-2H3,(H,12,13,14,15). The van der Waals surface area contributed by atoms with Crippen LogP contribution >= 0.6 is 11.8 Å². The maximum atomic E-state index is 5.00. The summed E-state index contributed by atoms with van der Waals surface area (Å²) in [6.07, 6.45) is 2.49. The van der Waals surface area contributed by atoms with E-state index >= 15 is 0 Å². The zero-order chi connectivity index (χ0) is 12.8. The van der Waals surface area contributed by atoms with Crippen molar-refractivity contribution in [3.05, 3.63) is 0 Å². The topological polar surface area (TPSA) is 69.2 Å². The van der Waals surface area contributed by atoms with Crippen molar-refractivity contribution in [1.29, 1.82) is 0 Å². The third-order valence-corrected chi connectivity index (χ3v) is 3.90. The maximum absolute atomic E-state index is 5.00. The Morgan fingerprint density at radius 2 is 1.72 bits per heavy atom. The number of methoxy groups -OCH3 is 2. The number of nitrogens with zero attached hydrogens (tertiary/aromatic N) is 3. The van der Waals surface area contributed by atoms with Gasteiger partial charge in [0.05, 0.1) is 14.2 Å². The second-order valence-electron chi connectivity index (χ2n) is 4.07. The van der Waals surface area contributed by atoms with Gasteiger partial charge in [-0.25, -0.2) is 0 Å². The molecule has 6 nitrogen and oxygen atoms in total. The van der Waals surface area contributed by atoms with Crippen LogP contribution in [0.5, 0.6) is 12.0 Å². The number of hydrogen-bond donors (Lipinski definition) is 1. The highest BCUT2D eigenvalue weighted by Gasteiger charge is 2.14. The monoisotopic (exact) mass is 270 g/mol. The predicted molar refractivity (Wildman–Crippen MR) is 71.5 cm³/mol. The van der Waals surface area contributed by atoms with Crippen molar-refractivity contribution >= 4 is 17.7 Å². The van der Waals surface area contributed by atoms with E-state index in [9.17, 15) is 0 Å². The van der Waals surface area contributed by atoms with E-state index in [0.29, 0.717) is 11.9 Å². The second-order valence-corrected chi connectivity index (χ2v) is 5.29. The van der Waals surface area contributed by atoms with Crippen LogP contribution in [0.3, 0.4) is 0 Å². The summed E-state index contributed by atoms with van der Waals surface area (Å²) in [7, 11) is 3.05. The minimum Gasteiger partial charge on any atom is -0.467 e. The highest BCUT2D eigenvalue weighted by Crippen LogP contribution is 2.23. The summed E-state index contributed by atoms with van der Waals surface area (Å²) >= 11 is 2.02. The lowest BCUT2D eigenvalue weighted by molar-refractivity contribution is 0.341. The molecule has 2 rings (SSSR count). The average Bonchev–Trinajstić information content (AvgIpc) is 2.45. The van der Waals surface area contributed by atoms with Crippen LogP contribution in [-0.4, -0.2) is 47.2 Å². The lowest BCUT2D eigenvalue weighted by Crippen LogP contribution is -2.20. The Balaban J connectivity index is 1.94. The van der Waals surface area contributed by atoms with Crippen LogP contribution in [0.25, 0.3) is 0 Å². The van der Waals surface area contributed by atoms with E-state index in [0.717, 1.165) is 6.54 Å². The van der Waals surface area contributed by atoms with Gasteiger partial charge in [0.25, 0.3) is 0 Å². The highest BCUT2D eigenvalue weighted by molar-refractivity contribution is 7.99. The molecule has 0 aromatic carbocycles. The largest absolute Gasteiger partial charge is 0.467 e. The van der Waals surface area contributed by atoms with Crippen molar-refractivity contribution in [2.75, 3.05) is 37.6 Å². The van der Waals surface area contributed by atoms with Crippen LogP contribution < -0.4 is 14.8 Å². The first-order chi connectivity index (χ1) is 8.81. The van der Waals surface area contributed by atoms with Crippen LogP contribution in [0, 0.1) is 5.92 Å². The molecule has 0 saturated carbocycles. The molecule has 1 saturated heterocycles. The number of anilines is 1. The van der Waals surface area contributed by atoms with Crippen molar-refractivity contribution in [2.45, 2.75) is 12.8 Å². The van der Waals surface area contributed by atoms with E-state index in [-0.39, 0.29) is 12.0 Å². The fraction of sp³-hybridized carbons (Fsp3) is 0.727. The van der Waals surface area contributed by atoms with Crippen molar-refractivity contribution in [3.8, 4) is 12.0 Å². The molecule has 18 heavy (non-hydrogen) atoms. The van der Waals surface area contributed by atoms with Crippen LogP contribution in [0.4, 0.5) is 5.95 Å². The molecule has 1 fully saturated rings. The Morgan fingerprint density at radius 1 is 1.11 bits per heavy atom. The van der Waals surface area contributed by atoms with Crippen LogP contribution in [0.2, 0.25) is 0 Å². The molecular weight excluding hydrogens is 252 g/mol. The van der Waals surface area contributed by atoms with Gasteiger partial charge >= 0.3 is 12.0 Å². The summed E-state index contributed by atoms with van der Waals surface area (Å²) < 4.78 is 10.0. The van der Waals surface area contributed by atoms with E-state index in [2.05, 4.69) is 20.3 Å². The number of rotatable bonds is 5. The lowest BCUT2D eigenvalue weighted by atomic mass is 10.0. The fourth-order valence-electron chi connectivity index (χ4n) is 1.79. The maximum Gasteiger partial charge on any atom is 0.324 e. The summed E-state index contributed by atoms with van der Waals surface area (Å²) in [6, 6.07) is 0.534. The molecule has 0 spiro atoms. The molecule has 7 heteroatoms. The lowest BCUT2D eigenvalue weighted by Gasteiger charge is -2.21. The van der Waals surface area contributed by atoms with E-state index in [1.54, 1.807) is 0 Å². The van der Waals surface area contributed by atoms with E-state index in [4.69, 9.17) is 9.47 Å². The zero-order valence-electron chi connectivity index (χ0n) is 10.7. The molecule has 100 valence electrons. The highest BCUT2D eigenvalue weighted by atomic mass is 32.2. The quantitative estimate of drug-likeness (QED) is 0.868. The molecule has 1 aliphatic rings. The Labute approximate surface area is 111 Å². The first-order valence-corrected chi connectivity index (χ1v) is 7.13. The molecule has 1 aliphatic heterocycles. The molecule has 1 aromatic heterocycles. The van der Waals surface area contributed by atoms with Gasteiger partial charge < -0.3 is 14.8 Å².